The van der Waals surface area contributed by atoms with E-state index < -0.39 is 0 Å². The second kappa shape index (κ2) is 4.82. The Balaban J connectivity index is 2.62. The quantitative estimate of drug-likeness (QED) is 0.613. The fraction of sp³-hybridized carbons (Fsp3) is 0.636. The molecule has 0 atom stereocenters. The van der Waals surface area contributed by atoms with Crippen molar-refractivity contribution >= 4 is 17.3 Å². The van der Waals surface area contributed by atoms with Crippen LogP contribution < -0.4 is 11.1 Å². The number of nitrogens with one attached hydrogen (secondary N) is 1. The molecule has 0 aliphatic carbocycles. The van der Waals surface area contributed by atoms with Crippen molar-refractivity contribution in [1.82, 2.24) is 10.3 Å². The largest absolute Gasteiger partial charge is 0.370 e. The number of aliphatic imine (C=N–C) groups is 1. The molecule has 90 valence electrons. The van der Waals surface area contributed by atoms with Crippen molar-refractivity contribution in [1.29, 1.82) is 0 Å². The van der Waals surface area contributed by atoms with Crippen LogP contribution in [0.15, 0.2) is 4.99 Å². The van der Waals surface area contributed by atoms with Gasteiger partial charge >= 0.3 is 0 Å². The van der Waals surface area contributed by atoms with Crippen LogP contribution in [0.3, 0.4) is 0 Å². The SMILES string of the molecule is Cc1nc(C)c(CN=C(N)NC(C)(C)C)s1. The van der Waals surface area contributed by atoms with Gasteiger partial charge in [-0.05, 0) is 34.6 Å². The van der Waals surface area contributed by atoms with E-state index in [1.165, 1.54) is 4.88 Å². The summed E-state index contributed by atoms with van der Waals surface area (Å²) in [7, 11) is 0. The number of aryl methyl sites for hydroxylation is 2. The lowest BCUT2D eigenvalue weighted by Gasteiger charge is -2.20. The van der Waals surface area contributed by atoms with Gasteiger partial charge in [0, 0.05) is 10.4 Å². The number of guanidine groups is 1. The minimum atomic E-state index is -0.0494. The Hall–Kier alpha value is -1.10. The molecule has 0 aromatic carbocycles. The number of nitrogens with two attached hydrogens (primary N) is 1. The normalized spacial score (nSPS) is 12.9. The molecular formula is C11H20N4S. The Labute approximate surface area is 101 Å². The third kappa shape index (κ3) is 4.18. The zero-order valence-electron chi connectivity index (χ0n) is 10.6. The van der Waals surface area contributed by atoms with Gasteiger partial charge in [-0.3, -0.25) is 0 Å². The van der Waals surface area contributed by atoms with Crippen LogP contribution in [0.5, 0.6) is 0 Å². The van der Waals surface area contributed by atoms with Crippen LogP contribution in [-0.4, -0.2) is 16.5 Å². The molecule has 0 unspecified atom stereocenters. The van der Waals surface area contributed by atoms with Crippen molar-refractivity contribution in [2.24, 2.45) is 10.7 Å². The predicted octanol–water partition coefficient (Wildman–Crippen LogP) is 1.96. The molecule has 0 saturated carbocycles. The zero-order valence-corrected chi connectivity index (χ0v) is 11.4. The van der Waals surface area contributed by atoms with Gasteiger partial charge in [-0.15, -0.1) is 11.3 Å². The smallest absolute Gasteiger partial charge is 0.189 e. The molecule has 0 aliphatic heterocycles. The summed E-state index contributed by atoms with van der Waals surface area (Å²) in [5.74, 6) is 0.484. The second-order valence-corrected chi connectivity index (χ2v) is 6.11. The summed E-state index contributed by atoms with van der Waals surface area (Å²) in [6.07, 6.45) is 0. The molecule has 0 bridgehead atoms. The van der Waals surface area contributed by atoms with Crippen LogP contribution in [-0.2, 0) is 6.54 Å². The molecule has 3 N–H and O–H groups in total. The summed E-state index contributed by atoms with van der Waals surface area (Å²) in [6, 6.07) is 0. The topological polar surface area (TPSA) is 63.3 Å². The van der Waals surface area contributed by atoms with Gasteiger partial charge in [0.25, 0.3) is 0 Å². The van der Waals surface area contributed by atoms with E-state index in [0.717, 1.165) is 10.7 Å². The Morgan fingerprint density at radius 1 is 1.44 bits per heavy atom. The Morgan fingerprint density at radius 2 is 2.06 bits per heavy atom. The first-order valence-electron chi connectivity index (χ1n) is 5.29. The lowest BCUT2D eigenvalue weighted by Crippen LogP contribution is -2.44. The molecule has 1 rings (SSSR count). The Bertz CT molecular complexity index is 387. The maximum Gasteiger partial charge on any atom is 0.189 e. The third-order valence-electron chi connectivity index (χ3n) is 1.90. The van der Waals surface area contributed by atoms with E-state index in [-0.39, 0.29) is 5.54 Å². The lowest BCUT2D eigenvalue weighted by atomic mass is 10.1. The maximum atomic E-state index is 5.79. The van der Waals surface area contributed by atoms with Gasteiger partial charge in [0.05, 0.1) is 17.2 Å². The van der Waals surface area contributed by atoms with Crippen LogP contribution in [0.2, 0.25) is 0 Å². The maximum absolute atomic E-state index is 5.79. The van der Waals surface area contributed by atoms with Crippen molar-refractivity contribution in [3.8, 4) is 0 Å². The fourth-order valence-electron chi connectivity index (χ4n) is 1.30. The zero-order chi connectivity index (χ0) is 12.3. The van der Waals surface area contributed by atoms with E-state index in [2.05, 4.69) is 36.1 Å². The Kier molecular flexibility index (Phi) is 3.91. The molecule has 5 heteroatoms. The molecule has 1 heterocycles. The first-order valence-corrected chi connectivity index (χ1v) is 6.10. The highest BCUT2D eigenvalue weighted by Crippen LogP contribution is 2.17. The Morgan fingerprint density at radius 3 is 2.50 bits per heavy atom. The number of aromatic nitrogens is 1. The van der Waals surface area contributed by atoms with E-state index in [4.69, 9.17) is 5.73 Å². The molecule has 1 aromatic heterocycles. The van der Waals surface area contributed by atoms with Gasteiger partial charge in [0.15, 0.2) is 5.96 Å². The molecule has 0 spiro atoms. The standard InChI is InChI=1S/C11H20N4S/c1-7-9(16-8(2)14-7)6-13-10(12)15-11(3,4)5/h6H2,1-5H3,(H3,12,13,15). The van der Waals surface area contributed by atoms with Gasteiger partial charge in [0.2, 0.25) is 0 Å². The van der Waals surface area contributed by atoms with Gasteiger partial charge in [-0.1, -0.05) is 0 Å². The van der Waals surface area contributed by atoms with E-state index in [1.54, 1.807) is 11.3 Å². The number of hydrogen-bond donors (Lipinski definition) is 2. The molecule has 0 radical (unpaired) electrons. The van der Waals surface area contributed by atoms with E-state index >= 15 is 0 Å². The van der Waals surface area contributed by atoms with Gasteiger partial charge < -0.3 is 11.1 Å². The average molecular weight is 240 g/mol. The highest BCUT2D eigenvalue weighted by Gasteiger charge is 2.10. The van der Waals surface area contributed by atoms with Crippen molar-refractivity contribution in [2.45, 2.75) is 46.7 Å². The molecule has 4 nitrogen and oxygen atoms in total. The van der Waals surface area contributed by atoms with Crippen molar-refractivity contribution < 1.29 is 0 Å². The minimum absolute atomic E-state index is 0.0494. The van der Waals surface area contributed by atoms with E-state index in [1.807, 2.05) is 13.8 Å². The summed E-state index contributed by atoms with van der Waals surface area (Å²) >= 11 is 1.67. The first-order chi connectivity index (χ1) is 7.28. The minimum Gasteiger partial charge on any atom is -0.370 e. The average Bonchev–Trinajstić information content (AvgIpc) is 2.38. The van der Waals surface area contributed by atoms with Gasteiger partial charge in [-0.25, -0.2) is 9.98 Å². The van der Waals surface area contributed by atoms with Crippen molar-refractivity contribution in [3.63, 3.8) is 0 Å². The van der Waals surface area contributed by atoms with Crippen LogP contribution in [0.25, 0.3) is 0 Å². The number of thiazole rings is 1. The van der Waals surface area contributed by atoms with Crippen molar-refractivity contribution in [2.75, 3.05) is 0 Å². The third-order valence-corrected chi connectivity index (χ3v) is 2.95. The fourth-order valence-corrected chi connectivity index (χ4v) is 2.16. The summed E-state index contributed by atoms with van der Waals surface area (Å²) in [5.41, 5.74) is 6.79. The number of hydrogen-bond acceptors (Lipinski definition) is 3. The predicted molar refractivity (Wildman–Crippen MR) is 69.8 cm³/mol. The highest BCUT2D eigenvalue weighted by atomic mass is 32.1. The second-order valence-electron chi connectivity index (χ2n) is 4.82. The van der Waals surface area contributed by atoms with E-state index in [9.17, 15) is 0 Å². The molecule has 0 aliphatic rings. The monoisotopic (exact) mass is 240 g/mol. The lowest BCUT2D eigenvalue weighted by molar-refractivity contribution is 0.508. The molecule has 0 fully saturated rings. The van der Waals surface area contributed by atoms with Crippen LogP contribution >= 0.6 is 11.3 Å². The van der Waals surface area contributed by atoms with Gasteiger partial charge in [-0.2, -0.15) is 0 Å². The molecule has 1 aromatic rings. The summed E-state index contributed by atoms with van der Waals surface area (Å²) < 4.78 is 0. The van der Waals surface area contributed by atoms with Crippen LogP contribution in [0.1, 0.15) is 36.3 Å². The summed E-state index contributed by atoms with van der Waals surface area (Å²) in [4.78, 5) is 9.84. The molecule has 0 saturated heterocycles. The number of rotatable bonds is 2. The van der Waals surface area contributed by atoms with Crippen LogP contribution in [0.4, 0.5) is 0 Å². The van der Waals surface area contributed by atoms with Crippen LogP contribution in [0, 0.1) is 13.8 Å². The van der Waals surface area contributed by atoms with E-state index in [0.29, 0.717) is 12.5 Å². The first kappa shape index (κ1) is 13.0. The molecule has 0 amide bonds. The number of nitrogens with zero attached hydrogens (tertiary/aromatic N) is 2. The summed E-state index contributed by atoms with van der Waals surface area (Å²) in [6.45, 7) is 10.8. The molecule has 16 heavy (non-hydrogen) atoms. The molecular weight excluding hydrogens is 220 g/mol. The highest BCUT2D eigenvalue weighted by molar-refractivity contribution is 7.11. The van der Waals surface area contributed by atoms with Crippen molar-refractivity contribution in [3.05, 3.63) is 15.6 Å². The van der Waals surface area contributed by atoms with Gasteiger partial charge in [0.1, 0.15) is 0 Å². The summed E-state index contributed by atoms with van der Waals surface area (Å²) in [5, 5.41) is 4.20.